The first kappa shape index (κ1) is 10.4. The smallest absolute Gasteiger partial charge is 0.120 e. The lowest BCUT2D eigenvalue weighted by Gasteiger charge is -2.09. The molecule has 0 spiro atoms. The van der Waals surface area contributed by atoms with Gasteiger partial charge in [0, 0.05) is 17.6 Å². The molecule has 3 nitrogen and oxygen atoms in total. The predicted octanol–water partition coefficient (Wildman–Crippen LogP) is 2.90. The molecule has 0 radical (unpaired) electrons. The molecule has 0 unspecified atom stereocenters. The molecule has 0 aliphatic rings. The molecule has 80 valence electrons. The number of hydrogen-bond acceptors (Lipinski definition) is 4. The molecule has 4 heteroatoms. The highest BCUT2D eigenvalue weighted by molar-refractivity contribution is 7.09. The van der Waals surface area contributed by atoms with Crippen LogP contribution in [0.3, 0.4) is 0 Å². The zero-order chi connectivity index (χ0) is 10.7. The molecule has 0 bridgehead atoms. The van der Waals surface area contributed by atoms with Crippen LogP contribution in [0, 0.1) is 6.92 Å². The summed E-state index contributed by atoms with van der Waals surface area (Å²) in [4.78, 5) is 4.39. The molecular formula is C11H14N2OS. The van der Waals surface area contributed by atoms with Crippen molar-refractivity contribution in [2.45, 2.75) is 26.4 Å². The summed E-state index contributed by atoms with van der Waals surface area (Å²) in [7, 11) is 0. The molecule has 0 saturated carbocycles. The minimum atomic E-state index is 0.226. The highest BCUT2D eigenvalue weighted by Crippen LogP contribution is 2.14. The van der Waals surface area contributed by atoms with Gasteiger partial charge in [-0.2, -0.15) is 0 Å². The van der Waals surface area contributed by atoms with E-state index in [1.54, 1.807) is 17.6 Å². The molecule has 2 aromatic heterocycles. The van der Waals surface area contributed by atoms with Crippen molar-refractivity contribution in [1.82, 2.24) is 10.3 Å². The molecule has 1 N–H and O–H groups in total. The van der Waals surface area contributed by atoms with Crippen LogP contribution in [0.2, 0.25) is 0 Å². The lowest BCUT2D eigenvalue weighted by Crippen LogP contribution is -2.17. The largest absolute Gasteiger partial charge is 0.468 e. The quantitative estimate of drug-likeness (QED) is 0.864. The lowest BCUT2D eigenvalue weighted by atomic mass is 10.2. The van der Waals surface area contributed by atoms with Gasteiger partial charge in [0.15, 0.2) is 0 Å². The molecule has 2 heterocycles. The number of nitrogens with one attached hydrogen (secondary N) is 1. The van der Waals surface area contributed by atoms with Crippen LogP contribution in [0.5, 0.6) is 0 Å². The van der Waals surface area contributed by atoms with E-state index in [1.165, 1.54) is 0 Å². The number of nitrogens with zero attached hydrogens (tertiary/aromatic N) is 1. The van der Waals surface area contributed by atoms with Gasteiger partial charge in [0.1, 0.15) is 10.8 Å². The Hall–Kier alpha value is -1.13. The molecule has 0 amide bonds. The molecule has 0 aliphatic heterocycles. The number of thiazole rings is 1. The van der Waals surface area contributed by atoms with E-state index in [4.69, 9.17) is 4.42 Å². The molecular weight excluding hydrogens is 208 g/mol. The Kier molecular flexibility index (Phi) is 3.18. The molecule has 0 aromatic carbocycles. The maximum Gasteiger partial charge on any atom is 0.120 e. The summed E-state index contributed by atoms with van der Waals surface area (Å²) in [5.74, 6) is 0.961. The van der Waals surface area contributed by atoms with Crippen LogP contribution in [-0.2, 0) is 6.54 Å². The van der Waals surface area contributed by atoms with Crippen LogP contribution in [0.15, 0.2) is 28.2 Å². The monoisotopic (exact) mass is 222 g/mol. The third-order valence-corrected chi connectivity index (χ3v) is 3.16. The summed E-state index contributed by atoms with van der Waals surface area (Å²) in [5, 5.41) is 6.55. The third-order valence-electron chi connectivity index (χ3n) is 2.20. The number of rotatable bonds is 4. The second-order valence-corrected chi connectivity index (χ2v) is 4.44. The number of furan rings is 1. The summed E-state index contributed by atoms with van der Waals surface area (Å²) in [6.07, 6.45) is 1.70. The van der Waals surface area contributed by atoms with Crippen molar-refractivity contribution < 1.29 is 4.42 Å². The lowest BCUT2D eigenvalue weighted by molar-refractivity contribution is 0.430. The van der Waals surface area contributed by atoms with Gasteiger partial charge in [-0.05, 0) is 26.0 Å². The van der Waals surface area contributed by atoms with E-state index in [-0.39, 0.29) is 6.04 Å². The Morgan fingerprint density at radius 3 is 3.07 bits per heavy atom. The minimum absolute atomic E-state index is 0.226. The van der Waals surface area contributed by atoms with Crippen molar-refractivity contribution in [2.24, 2.45) is 0 Å². The van der Waals surface area contributed by atoms with Gasteiger partial charge in [-0.3, -0.25) is 0 Å². The topological polar surface area (TPSA) is 38.1 Å². The van der Waals surface area contributed by atoms with Gasteiger partial charge >= 0.3 is 0 Å². The number of hydrogen-bond donors (Lipinski definition) is 1. The van der Waals surface area contributed by atoms with Crippen LogP contribution in [0.1, 0.15) is 29.4 Å². The van der Waals surface area contributed by atoms with Crippen LogP contribution in [0.25, 0.3) is 0 Å². The molecule has 0 saturated heterocycles. The van der Waals surface area contributed by atoms with E-state index < -0.39 is 0 Å². The van der Waals surface area contributed by atoms with E-state index in [0.29, 0.717) is 0 Å². The van der Waals surface area contributed by atoms with Gasteiger partial charge in [0.25, 0.3) is 0 Å². The second-order valence-electron chi connectivity index (χ2n) is 3.50. The number of aryl methyl sites for hydroxylation is 1. The SMILES string of the molecule is Cc1csc(CN[C@@H](C)c2ccco2)n1. The fourth-order valence-corrected chi connectivity index (χ4v) is 2.09. The first-order chi connectivity index (χ1) is 7.25. The summed E-state index contributed by atoms with van der Waals surface area (Å²) in [6.45, 7) is 4.88. The van der Waals surface area contributed by atoms with Crippen molar-refractivity contribution >= 4 is 11.3 Å². The number of aromatic nitrogens is 1. The van der Waals surface area contributed by atoms with Gasteiger partial charge in [-0.1, -0.05) is 0 Å². The Morgan fingerprint density at radius 1 is 1.60 bits per heavy atom. The Morgan fingerprint density at radius 2 is 2.47 bits per heavy atom. The molecule has 0 fully saturated rings. The minimum Gasteiger partial charge on any atom is -0.468 e. The van der Waals surface area contributed by atoms with Crippen molar-refractivity contribution in [3.63, 3.8) is 0 Å². The fourth-order valence-electron chi connectivity index (χ4n) is 1.36. The van der Waals surface area contributed by atoms with E-state index in [9.17, 15) is 0 Å². The van der Waals surface area contributed by atoms with Gasteiger partial charge in [0.05, 0.1) is 12.3 Å². The van der Waals surface area contributed by atoms with Gasteiger partial charge in [-0.15, -0.1) is 11.3 Å². The highest BCUT2D eigenvalue weighted by atomic mass is 32.1. The van der Waals surface area contributed by atoms with Crippen molar-refractivity contribution in [3.8, 4) is 0 Å². The highest BCUT2D eigenvalue weighted by Gasteiger charge is 2.07. The van der Waals surface area contributed by atoms with Gasteiger partial charge < -0.3 is 9.73 Å². The predicted molar refractivity (Wildman–Crippen MR) is 60.8 cm³/mol. The molecule has 0 aliphatic carbocycles. The fraction of sp³-hybridized carbons (Fsp3) is 0.364. The molecule has 15 heavy (non-hydrogen) atoms. The second kappa shape index (κ2) is 4.59. The summed E-state index contributed by atoms with van der Waals surface area (Å²) >= 11 is 1.68. The standard InChI is InChI=1S/C11H14N2OS/c1-8-7-15-11(13-8)6-12-9(2)10-4-3-5-14-10/h3-5,7,9,12H,6H2,1-2H3/t9-/m0/s1. The van der Waals surface area contributed by atoms with Crippen molar-refractivity contribution in [2.75, 3.05) is 0 Å². The van der Waals surface area contributed by atoms with Crippen molar-refractivity contribution in [1.29, 1.82) is 0 Å². The Labute approximate surface area is 93.2 Å². The average molecular weight is 222 g/mol. The zero-order valence-electron chi connectivity index (χ0n) is 8.86. The van der Waals surface area contributed by atoms with E-state index >= 15 is 0 Å². The van der Waals surface area contributed by atoms with E-state index in [1.807, 2.05) is 19.1 Å². The van der Waals surface area contributed by atoms with Gasteiger partial charge in [-0.25, -0.2) is 4.98 Å². The molecule has 1 atom stereocenters. The normalized spacial score (nSPS) is 12.9. The summed E-state index contributed by atoms with van der Waals surface area (Å²) < 4.78 is 5.31. The Balaban J connectivity index is 1.88. The van der Waals surface area contributed by atoms with Crippen LogP contribution >= 0.6 is 11.3 Å². The third kappa shape index (κ3) is 2.67. The van der Waals surface area contributed by atoms with Gasteiger partial charge in [0.2, 0.25) is 0 Å². The first-order valence-corrected chi connectivity index (χ1v) is 5.81. The van der Waals surface area contributed by atoms with E-state index in [0.717, 1.165) is 23.0 Å². The zero-order valence-corrected chi connectivity index (χ0v) is 9.67. The van der Waals surface area contributed by atoms with Crippen LogP contribution < -0.4 is 5.32 Å². The van der Waals surface area contributed by atoms with Crippen LogP contribution in [-0.4, -0.2) is 4.98 Å². The first-order valence-electron chi connectivity index (χ1n) is 4.93. The maximum absolute atomic E-state index is 5.31. The molecule has 2 aromatic rings. The Bertz CT molecular complexity index is 408. The summed E-state index contributed by atoms with van der Waals surface area (Å²) in [6, 6.07) is 4.11. The summed E-state index contributed by atoms with van der Waals surface area (Å²) in [5.41, 5.74) is 1.09. The maximum atomic E-state index is 5.31. The average Bonchev–Trinajstić information content (AvgIpc) is 2.84. The molecule has 2 rings (SSSR count). The van der Waals surface area contributed by atoms with Crippen LogP contribution in [0.4, 0.5) is 0 Å². The van der Waals surface area contributed by atoms with E-state index in [2.05, 4.69) is 22.6 Å². The van der Waals surface area contributed by atoms with Crippen molar-refractivity contribution in [3.05, 3.63) is 40.2 Å².